The summed E-state index contributed by atoms with van der Waals surface area (Å²) in [4.78, 5) is 26.5. The molecule has 26 heavy (non-hydrogen) atoms. The second-order valence-electron chi connectivity index (χ2n) is 7.22. The summed E-state index contributed by atoms with van der Waals surface area (Å²) >= 11 is 0. The lowest BCUT2D eigenvalue weighted by Gasteiger charge is -2.20. The summed E-state index contributed by atoms with van der Waals surface area (Å²) in [6.45, 7) is 3.97. The number of rotatable bonds is 4. The van der Waals surface area contributed by atoms with E-state index in [1.54, 1.807) is 7.05 Å². The highest BCUT2D eigenvalue weighted by Crippen LogP contribution is 2.23. The molecule has 0 saturated carbocycles. The molecule has 2 aromatic carbocycles. The molecule has 0 saturated heterocycles. The molecule has 3 rings (SSSR count). The third-order valence-electron chi connectivity index (χ3n) is 4.99. The summed E-state index contributed by atoms with van der Waals surface area (Å²) in [7, 11) is 1.67. The first kappa shape index (κ1) is 18.2. The molecule has 4 heteroatoms. The van der Waals surface area contributed by atoms with Gasteiger partial charge in [-0.1, -0.05) is 18.2 Å². The average Bonchev–Trinajstić information content (AvgIpc) is 2.63. The number of hydrogen-bond acceptors (Lipinski definition) is 2. The Bertz CT molecular complexity index is 842. The zero-order valence-electron chi connectivity index (χ0n) is 15.8. The van der Waals surface area contributed by atoms with Crippen LogP contribution >= 0.6 is 0 Å². The molecule has 1 N–H and O–H groups in total. The van der Waals surface area contributed by atoms with E-state index < -0.39 is 0 Å². The van der Waals surface area contributed by atoms with E-state index in [1.807, 2.05) is 44.2 Å². The Labute approximate surface area is 155 Å². The highest BCUT2D eigenvalue weighted by molar-refractivity contribution is 5.99. The minimum Gasteiger partial charge on any atom is -0.332 e. The molecular weight excluding hydrogens is 324 g/mol. The van der Waals surface area contributed by atoms with E-state index in [0.29, 0.717) is 5.56 Å². The lowest BCUT2D eigenvalue weighted by molar-refractivity contribution is -0.116. The molecule has 0 heterocycles. The van der Waals surface area contributed by atoms with Crippen LogP contribution in [0.2, 0.25) is 0 Å². The Balaban J connectivity index is 1.65. The van der Waals surface area contributed by atoms with E-state index >= 15 is 0 Å². The van der Waals surface area contributed by atoms with Gasteiger partial charge in [-0.3, -0.25) is 9.59 Å². The molecule has 0 aliphatic heterocycles. The predicted octanol–water partition coefficient (Wildman–Crippen LogP) is 3.89. The normalized spacial score (nSPS) is 13.0. The summed E-state index contributed by atoms with van der Waals surface area (Å²) in [6, 6.07) is 11.9. The number of nitrogens with zero attached hydrogens (tertiary/aromatic N) is 1. The van der Waals surface area contributed by atoms with Crippen molar-refractivity contribution in [3.63, 3.8) is 0 Å². The number of benzene rings is 2. The Hall–Kier alpha value is -2.62. The lowest BCUT2D eigenvalue weighted by atomic mass is 9.90. The van der Waals surface area contributed by atoms with Gasteiger partial charge in [-0.2, -0.15) is 0 Å². The number of hydrogen-bond donors (Lipinski definition) is 1. The van der Waals surface area contributed by atoms with E-state index in [0.717, 1.165) is 29.7 Å². The number of carbonyl (C=O) groups excluding carboxylic acids is 2. The maximum absolute atomic E-state index is 12.7. The van der Waals surface area contributed by atoms with Crippen molar-refractivity contribution in [2.45, 2.75) is 39.5 Å². The first-order chi connectivity index (χ1) is 12.4. The van der Waals surface area contributed by atoms with Crippen LogP contribution in [0.25, 0.3) is 0 Å². The number of aryl methyl sites for hydroxylation is 4. The smallest absolute Gasteiger partial charge is 0.254 e. The van der Waals surface area contributed by atoms with Crippen molar-refractivity contribution >= 4 is 17.5 Å². The van der Waals surface area contributed by atoms with Crippen molar-refractivity contribution < 1.29 is 9.59 Å². The number of carbonyl (C=O) groups is 2. The Morgan fingerprint density at radius 2 is 1.73 bits per heavy atom. The van der Waals surface area contributed by atoms with Gasteiger partial charge in [0.05, 0.1) is 6.54 Å². The number of fused-ring (bicyclic) bond motifs is 1. The molecule has 0 unspecified atom stereocenters. The molecule has 2 aromatic rings. The van der Waals surface area contributed by atoms with Crippen molar-refractivity contribution in [2.75, 3.05) is 18.9 Å². The van der Waals surface area contributed by atoms with E-state index in [9.17, 15) is 9.59 Å². The summed E-state index contributed by atoms with van der Waals surface area (Å²) in [6.07, 6.45) is 4.53. The largest absolute Gasteiger partial charge is 0.332 e. The molecule has 0 spiro atoms. The topological polar surface area (TPSA) is 49.4 Å². The van der Waals surface area contributed by atoms with Crippen LogP contribution < -0.4 is 5.32 Å². The third kappa shape index (κ3) is 4.13. The van der Waals surface area contributed by atoms with Crippen molar-refractivity contribution in [1.29, 1.82) is 0 Å². The van der Waals surface area contributed by atoms with Gasteiger partial charge < -0.3 is 10.2 Å². The Morgan fingerprint density at radius 1 is 1.00 bits per heavy atom. The number of amides is 2. The van der Waals surface area contributed by atoms with Gasteiger partial charge >= 0.3 is 0 Å². The predicted molar refractivity (Wildman–Crippen MR) is 105 cm³/mol. The SMILES string of the molecule is Cc1ccc(C)c(NC(=O)CN(C)C(=O)c2ccc3c(c2)CCCC3)c1. The van der Waals surface area contributed by atoms with Gasteiger partial charge in [0.15, 0.2) is 0 Å². The van der Waals surface area contributed by atoms with E-state index in [1.165, 1.54) is 28.9 Å². The second-order valence-corrected chi connectivity index (χ2v) is 7.22. The van der Waals surface area contributed by atoms with E-state index in [-0.39, 0.29) is 18.4 Å². The zero-order chi connectivity index (χ0) is 18.7. The van der Waals surface area contributed by atoms with Crippen LogP contribution in [0, 0.1) is 13.8 Å². The van der Waals surface area contributed by atoms with Crippen molar-refractivity contribution in [1.82, 2.24) is 4.90 Å². The molecular formula is C22H26N2O2. The van der Waals surface area contributed by atoms with Crippen LogP contribution in [0.3, 0.4) is 0 Å². The summed E-state index contributed by atoms with van der Waals surface area (Å²) in [5, 5.41) is 2.91. The summed E-state index contributed by atoms with van der Waals surface area (Å²) in [5.41, 5.74) is 6.17. The molecule has 2 amide bonds. The average molecular weight is 350 g/mol. The molecule has 1 aliphatic carbocycles. The molecule has 0 aromatic heterocycles. The molecule has 1 aliphatic rings. The lowest BCUT2D eigenvalue weighted by Crippen LogP contribution is -2.35. The van der Waals surface area contributed by atoms with Gasteiger partial charge in [-0.25, -0.2) is 0 Å². The molecule has 0 fully saturated rings. The fourth-order valence-electron chi connectivity index (χ4n) is 3.43. The second kappa shape index (κ2) is 7.73. The fraction of sp³-hybridized carbons (Fsp3) is 0.364. The molecule has 0 atom stereocenters. The van der Waals surface area contributed by atoms with Crippen LogP contribution in [0.15, 0.2) is 36.4 Å². The highest BCUT2D eigenvalue weighted by atomic mass is 16.2. The first-order valence-electron chi connectivity index (χ1n) is 9.18. The number of anilines is 1. The van der Waals surface area contributed by atoms with Gasteiger partial charge in [0.2, 0.25) is 5.91 Å². The minimum atomic E-state index is -0.187. The molecule has 4 nitrogen and oxygen atoms in total. The quantitative estimate of drug-likeness (QED) is 0.909. The Kier molecular flexibility index (Phi) is 5.40. The van der Waals surface area contributed by atoms with Crippen LogP contribution in [0.1, 0.15) is 45.5 Å². The fourth-order valence-corrected chi connectivity index (χ4v) is 3.43. The van der Waals surface area contributed by atoms with E-state index in [4.69, 9.17) is 0 Å². The van der Waals surface area contributed by atoms with Crippen molar-refractivity contribution in [3.05, 3.63) is 64.2 Å². The van der Waals surface area contributed by atoms with Crippen molar-refractivity contribution in [3.8, 4) is 0 Å². The van der Waals surface area contributed by atoms with Crippen LogP contribution in [-0.4, -0.2) is 30.3 Å². The van der Waals surface area contributed by atoms with Crippen molar-refractivity contribution in [2.24, 2.45) is 0 Å². The van der Waals surface area contributed by atoms with Gasteiger partial charge in [-0.15, -0.1) is 0 Å². The van der Waals surface area contributed by atoms with Crippen LogP contribution in [0.4, 0.5) is 5.69 Å². The van der Waals surface area contributed by atoms with Gasteiger partial charge in [-0.05, 0) is 80.0 Å². The van der Waals surface area contributed by atoms with Crippen LogP contribution in [-0.2, 0) is 17.6 Å². The van der Waals surface area contributed by atoms with E-state index in [2.05, 4.69) is 11.4 Å². The molecule has 0 bridgehead atoms. The zero-order valence-corrected chi connectivity index (χ0v) is 15.8. The number of likely N-dealkylation sites (N-methyl/N-ethyl adjacent to an activating group) is 1. The summed E-state index contributed by atoms with van der Waals surface area (Å²) < 4.78 is 0. The van der Waals surface area contributed by atoms with Gasteiger partial charge in [0, 0.05) is 18.3 Å². The maximum atomic E-state index is 12.7. The first-order valence-corrected chi connectivity index (χ1v) is 9.18. The summed E-state index contributed by atoms with van der Waals surface area (Å²) in [5.74, 6) is -0.304. The third-order valence-corrected chi connectivity index (χ3v) is 4.99. The monoisotopic (exact) mass is 350 g/mol. The maximum Gasteiger partial charge on any atom is 0.254 e. The highest BCUT2D eigenvalue weighted by Gasteiger charge is 2.18. The molecule has 136 valence electrons. The molecule has 0 radical (unpaired) electrons. The minimum absolute atomic E-state index is 0.0311. The van der Waals surface area contributed by atoms with Gasteiger partial charge in [0.25, 0.3) is 5.91 Å². The van der Waals surface area contributed by atoms with Gasteiger partial charge in [0.1, 0.15) is 0 Å². The van der Waals surface area contributed by atoms with Crippen LogP contribution in [0.5, 0.6) is 0 Å². The standard InChI is InChI=1S/C22H26N2O2/c1-15-8-9-16(2)20(12-15)23-21(25)14-24(3)22(26)19-11-10-17-6-4-5-7-18(17)13-19/h8-13H,4-7,14H2,1-3H3,(H,23,25). The number of nitrogens with one attached hydrogen (secondary N) is 1. The Morgan fingerprint density at radius 3 is 2.50 bits per heavy atom.